The SMILES string of the molecule is CNC(C#N)c1ccc(F)cc1C. The first-order valence-electron chi connectivity index (χ1n) is 4.02. The van der Waals surface area contributed by atoms with Crippen LogP contribution in [0.4, 0.5) is 4.39 Å². The van der Waals surface area contributed by atoms with Crippen molar-refractivity contribution in [1.29, 1.82) is 5.26 Å². The van der Waals surface area contributed by atoms with Crippen LogP contribution in [0.25, 0.3) is 0 Å². The van der Waals surface area contributed by atoms with Crippen LogP contribution in [0, 0.1) is 24.1 Å². The predicted octanol–water partition coefficient (Wildman–Crippen LogP) is 1.92. The molecule has 0 amide bonds. The molecule has 1 atom stereocenters. The maximum Gasteiger partial charge on any atom is 0.123 e. The highest BCUT2D eigenvalue weighted by Crippen LogP contribution is 2.17. The van der Waals surface area contributed by atoms with Crippen LogP contribution in [0.3, 0.4) is 0 Å². The van der Waals surface area contributed by atoms with Crippen molar-refractivity contribution in [3.63, 3.8) is 0 Å². The summed E-state index contributed by atoms with van der Waals surface area (Å²) in [6.45, 7) is 1.79. The van der Waals surface area contributed by atoms with Crippen molar-refractivity contribution in [3.05, 3.63) is 35.1 Å². The minimum atomic E-state index is -0.361. The van der Waals surface area contributed by atoms with Gasteiger partial charge in [0.15, 0.2) is 0 Å². The molecule has 0 fully saturated rings. The summed E-state index contributed by atoms with van der Waals surface area (Å²) in [5, 5.41) is 11.6. The van der Waals surface area contributed by atoms with Gasteiger partial charge in [-0.05, 0) is 37.2 Å². The van der Waals surface area contributed by atoms with Gasteiger partial charge in [-0.25, -0.2) is 4.39 Å². The van der Waals surface area contributed by atoms with E-state index in [1.165, 1.54) is 12.1 Å². The van der Waals surface area contributed by atoms with Gasteiger partial charge in [-0.1, -0.05) is 6.07 Å². The summed E-state index contributed by atoms with van der Waals surface area (Å²) in [6, 6.07) is 6.16. The third kappa shape index (κ3) is 2.04. The van der Waals surface area contributed by atoms with Crippen molar-refractivity contribution in [2.24, 2.45) is 0 Å². The monoisotopic (exact) mass is 178 g/mol. The van der Waals surface area contributed by atoms with Gasteiger partial charge in [-0.15, -0.1) is 0 Å². The summed E-state index contributed by atoms with van der Waals surface area (Å²) >= 11 is 0. The van der Waals surface area contributed by atoms with E-state index in [0.717, 1.165) is 11.1 Å². The number of nitriles is 1. The molecule has 1 unspecified atom stereocenters. The Hall–Kier alpha value is -1.40. The fraction of sp³-hybridized carbons (Fsp3) is 0.300. The van der Waals surface area contributed by atoms with E-state index in [-0.39, 0.29) is 11.9 Å². The number of benzene rings is 1. The van der Waals surface area contributed by atoms with Crippen LogP contribution in [-0.4, -0.2) is 7.05 Å². The number of nitrogens with one attached hydrogen (secondary N) is 1. The molecule has 2 nitrogen and oxygen atoms in total. The molecular formula is C10H11FN2. The normalized spacial score (nSPS) is 12.2. The Morgan fingerprint density at radius 1 is 1.54 bits per heavy atom. The van der Waals surface area contributed by atoms with Crippen LogP contribution in [0.1, 0.15) is 17.2 Å². The highest BCUT2D eigenvalue weighted by Gasteiger charge is 2.10. The second-order valence-electron chi connectivity index (χ2n) is 2.85. The van der Waals surface area contributed by atoms with Gasteiger partial charge in [0.05, 0.1) is 6.07 Å². The fourth-order valence-electron chi connectivity index (χ4n) is 1.25. The lowest BCUT2D eigenvalue weighted by molar-refractivity contribution is 0.623. The molecule has 0 aliphatic carbocycles. The zero-order chi connectivity index (χ0) is 9.84. The van der Waals surface area contributed by atoms with Gasteiger partial charge < -0.3 is 5.32 Å². The van der Waals surface area contributed by atoms with Crippen LogP contribution in [0.15, 0.2) is 18.2 Å². The summed E-state index contributed by atoms with van der Waals surface area (Å²) in [7, 11) is 1.71. The van der Waals surface area contributed by atoms with Crippen LogP contribution in [0.2, 0.25) is 0 Å². The number of hydrogen-bond donors (Lipinski definition) is 1. The van der Waals surface area contributed by atoms with Crippen LogP contribution in [-0.2, 0) is 0 Å². The van der Waals surface area contributed by atoms with Gasteiger partial charge >= 0.3 is 0 Å². The smallest absolute Gasteiger partial charge is 0.123 e. The molecule has 0 bridgehead atoms. The predicted molar refractivity (Wildman–Crippen MR) is 48.6 cm³/mol. The second-order valence-corrected chi connectivity index (χ2v) is 2.85. The molecule has 3 heteroatoms. The number of rotatable bonds is 2. The highest BCUT2D eigenvalue weighted by atomic mass is 19.1. The summed E-state index contributed by atoms with van der Waals surface area (Å²) in [4.78, 5) is 0. The van der Waals surface area contributed by atoms with Crippen molar-refractivity contribution >= 4 is 0 Å². The van der Waals surface area contributed by atoms with Crippen LogP contribution in [0.5, 0.6) is 0 Å². The Labute approximate surface area is 77.0 Å². The maximum atomic E-state index is 12.7. The van der Waals surface area contributed by atoms with Crippen molar-refractivity contribution < 1.29 is 4.39 Å². The van der Waals surface area contributed by atoms with E-state index in [9.17, 15) is 4.39 Å². The van der Waals surface area contributed by atoms with Gasteiger partial charge in [0.2, 0.25) is 0 Å². The minimum Gasteiger partial charge on any atom is -0.301 e. The maximum absolute atomic E-state index is 12.7. The molecule has 0 heterocycles. The first-order chi connectivity index (χ1) is 6.19. The van der Waals surface area contributed by atoms with Crippen molar-refractivity contribution in [1.82, 2.24) is 5.32 Å². The van der Waals surface area contributed by atoms with Gasteiger partial charge in [0.25, 0.3) is 0 Å². The average Bonchev–Trinajstić information content (AvgIpc) is 2.10. The lowest BCUT2D eigenvalue weighted by Gasteiger charge is -2.10. The van der Waals surface area contributed by atoms with Gasteiger partial charge in [-0.3, -0.25) is 0 Å². The van der Waals surface area contributed by atoms with Crippen LogP contribution < -0.4 is 5.32 Å². The molecule has 0 radical (unpaired) electrons. The first-order valence-corrected chi connectivity index (χ1v) is 4.02. The van der Waals surface area contributed by atoms with Gasteiger partial charge in [-0.2, -0.15) is 5.26 Å². The standard InChI is InChI=1S/C10H11FN2/c1-7-5-8(11)3-4-9(7)10(6-12)13-2/h3-5,10,13H,1-2H3. The number of hydrogen-bond acceptors (Lipinski definition) is 2. The molecule has 1 rings (SSSR count). The number of halogens is 1. The van der Waals surface area contributed by atoms with E-state index in [0.29, 0.717) is 0 Å². The van der Waals surface area contributed by atoms with Crippen molar-refractivity contribution in [2.75, 3.05) is 7.05 Å². The summed E-state index contributed by atoms with van der Waals surface area (Å²) in [5.74, 6) is -0.269. The second kappa shape index (κ2) is 4.01. The number of nitrogens with zero attached hydrogens (tertiary/aromatic N) is 1. The van der Waals surface area contributed by atoms with E-state index in [1.807, 2.05) is 0 Å². The lowest BCUT2D eigenvalue weighted by atomic mass is 10.0. The average molecular weight is 178 g/mol. The quantitative estimate of drug-likeness (QED) is 0.751. The van der Waals surface area contributed by atoms with Gasteiger partial charge in [0.1, 0.15) is 11.9 Å². The molecule has 0 saturated heterocycles. The fourth-order valence-corrected chi connectivity index (χ4v) is 1.25. The molecular weight excluding hydrogens is 167 g/mol. The van der Waals surface area contributed by atoms with E-state index < -0.39 is 0 Å². The Bertz CT molecular complexity index is 341. The Balaban J connectivity index is 3.09. The van der Waals surface area contributed by atoms with Crippen molar-refractivity contribution in [2.45, 2.75) is 13.0 Å². The summed E-state index contributed by atoms with van der Waals surface area (Å²) in [5.41, 5.74) is 1.62. The Kier molecular flexibility index (Phi) is 2.99. The van der Waals surface area contributed by atoms with E-state index >= 15 is 0 Å². The molecule has 1 aromatic rings. The zero-order valence-corrected chi connectivity index (χ0v) is 7.63. The molecule has 0 aromatic heterocycles. The molecule has 1 N–H and O–H groups in total. The van der Waals surface area contributed by atoms with Gasteiger partial charge in [0, 0.05) is 0 Å². The van der Waals surface area contributed by atoms with E-state index in [2.05, 4.69) is 11.4 Å². The number of aryl methyl sites for hydroxylation is 1. The highest BCUT2D eigenvalue weighted by molar-refractivity contribution is 5.32. The Morgan fingerprint density at radius 2 is 2.23 bits per heavy atom. The molecule has 0 aliphatic rings. The van der Waals surface area contributed by atoms with Crippen molar-refractivity contribution in [3.8, 4) is 6.07 Å². The largest absolute Gasteiger partial charge is 0.301 e. The molecule has 13 heavy (non-hydrogen) atoms. The molecule has 0 saturated carbocycles. The third-order valence-corrected chi connectivity index (χ3v) is 1.96. The van der Waals surface area contributed by atoms with E-state index in [1.54, 1.807) is 20.0 Å². The molecule has 0 aliphatic heterocycles. The Morgan fingerprint density at radius 3 is 2.69 bits per heavy atom. The minimum absolute atomic E-state index is 0.269. The topological polar surface area (TPSA) is 35.8 Å². The third-order valence-electron chi connectivity index (χ3n) is 1.96. The van der Waals surface area contributed by atoms with Crippen LogP contribution >= 0.6 is 0 Å². The van der Waals surface area contributed by atoms with E-state index in [4.69, 9.17) is 5.26 Å². The summed E-state index contributed by atoms with van der Waals surface area (Å²) in [6.07, 6.45) is 0. The summed E-state index contributed by atoms with van der Waals surface area (Å²) < 4.78 is 12.7. The zero-order valence-electron chi connectivity index (χ0n) is 7.63. The first kappa shape index (κ1) is 9.69. The molecule has 1 aromatic carbocycles. The molecule has 0 spiro atoms. The molecule has 68 valence electrons. The lowest BCUT2D eigenvalue weighted by Crippen LogP contribution is -2.15.